The second-order valence-electron chi connectivity index (χ2n) is 6.96. The first-order valence-electron chi connectivity index (χ1n) is 8.89. The number of carbonyl (C=O) groups excluding carboxylic acids is 2. The van der Waals surface area contributed by atoms with E-state index in [1.807, 2.05) is 0 Å². The van der Waals surface area contributed by atoms with Crippen LogP contribution in [0.2, 0.25) is 0 Å². The van der Waals surface area contributed by atoms with Gasteiger partial charge in [-0.2, -0.15) is 0 Å². The summed E-state index contributed by atoms with van der Waals surface area (Å²) in [6, 6.07) is 9.81. The van der Waals surface area contributed by atoms with Crippen LogP contribution in [0.3, 0.4) is 0 Å². The molecule has 3 heterocycles. The largest absolute Gasteiger partial charge is 0.456 e. The Balaban J connectivity index is 1.39. The summed E-state index contributed by atoms with van der Waals surface area (Å²) in [5.74, 6) is 0.954. The summed E-state index contributed by atoms with van der Waals surface area (Å²) in [6.07, 6.45) is 6.41. The number of rotatable bonds is 5. The van der Waals surface area contributed by atoms with Gasteiger partial charge in [-0.1, -0.05) is 0 Å². The SMILES string of the molecule is CC(=O)c1cncc(Oc2ccc(C(=O)NC3CC4CCC3N4)cc2)c1. The fourth-order valence-electron chi connectivity index (χ4n) is 3.71. The Bertz CT molecular complexity index is 834. The molecule has 1 aromatic heterocycles. The number of amides is 1. The van der Waals surface area contributed by atoms with E-state index >= 15 is 0 Å². The molecule has 2 saturated heterocycles. The van der Waals surface area contributed by atoms with E-state index in [1.165, 1.54) is 19.5 Å². The summed E-state index contributed by atoms with van der Waals surface area (Å²) in [7, 11) is 0. The van der Waals surface area contributed by atoms with Crippen molar-refractivity contribution in [2.24, 2.45) is 0 Å². The van der Waals surface area contributed by atoms with Gasteiger partial charge in [-0.15, -0.1) is 0 Å². The molecule has 1 aromatic carbocycles. The molecule has 2 aromatic rings. The maximum atomic E-state index is 12.4. The van der Waals surface area contributed by atoms with Crippen molar-refractivity contribution in [2.75, 3.05) is 0 Å². The minimum absolute atomic E-state index is 0.0591. The Hall–Kier alpha value is -2.73. The van der Waals surface area contributed by atoms with Crippen molar-refractivity contribution in [2.45, 2.75) is 44.3 Å². The first-order valence-corrected chi connectivity index (χ1v) is 8.89. The van der Waals surface area contributed by atoms with Crippen LogP contribution in [0, 0.1) is 0 Å². The van der Waals surface area contributed by atoms with Gasteiger partial charge in [-0.3, -0.25) is 14.6 Å². The number of aromatic nitrogens is 1. The molecule has 2 aliphatic heterocycles. The second-order valence-corrected chi connectivity index (χ2v) is 6.96. The Morgan fingerprint density at radius 2 is 1.92 bits per heavy atom. The molecule has 2 bridgehead atoms. The zero-order chi connectivity index (χ0) is 18.1. The van der Waals surface area contributed by atoms with Crippen molar-refractivity contribution in [3.8, 4) is 11.5 Å². The third kappa shape index (κ3) is 3.46. The first-order chi connectivity index (χ1) is 12.6. The Morgan fingerprint density at radius 3 is 2.58 bits per heavy atom. The summed E-state index contributed by atoms with van der Waals surface area (Å²) in [4.78, 5) is 27.9. The van der Waals surface area contributed by atoms with Crippen LogP contribution in [-0.2, 0) is 0 Å². The summed E-state index contributed by atoms with van der Waals surface area (Å²) in [5.41, 5.74) is 1.11. The van der Waals surface area contributed by atoms with Gasteiger partial charge in [0.25, 0.3) is 5.91 Å². The molecule has 3 unspecified atom stereocenters. The smallest absolute Gasteiger partial charge is 0.251 e. The van der Waals surface area contributed by atoms with Gasteiger partial charge in [-0.25, -0.2) is 0 Å². The van der Waals surface area contributed by atoms with E-state index in [-0.39, 0.29) is 17.7 Å². The van der Waals surface area contributed by atoms with E-state index in [0.717, 1.165) is 12.8 Å². The van der Waals surface area contributed by atoms with Crippen molar-refractivity contribution < 1.29 is 14.3 Å². The maximum Gasteiger partial charge on any atom is 0.251 e. The van der Waals surface area contributed by atoms with E-state index in [0.29, 0.717) is 34.7 Å². The number of ether oxygens (including phenoxy) is 1. The number of pyridine rings is 1. The lowest BCUT2D eigenvalue weighted by atomic mass is 9.95. The lowest BCUT2D eigenvalue weighted by Gasteiger charge is -2.21. The molecule has 134 valence electrons. The topological polar surface area (TPSA) is 80.3 Å². The van der Waals surface area contributed by atoms with Gasteiger partial charge in [0, 0.05) is 35.4 Å². The van der Waals surface area contributed by atoms with Crippen molar-refractivity contribution in [1.82, 2.24) is 15.6 Å². The van der Waals surface area contributed by atoms with Crippen LogP contribution in [0.4, 0.5) is 0 Å². The van der Waals surface area contributed by atoms with E-state index < -0.39 is 0 Å². The van der Waals surface area contributed by atoms with Crippen LogP contribution in [0.1, 0.15) is 46.9 Å². The maximum absolute atomic E-state index is 12.4. The first kappa shape index (κ1) is 16.7. The summed E-state index contributed by atoms with van der Waals surface area (Å²) in [5, 5.41) is 6.64. The van der Waals surface area contributed by atoms with E-state index in [4.69, 9.17) is 4.74 Å². The highest BCUT2D eigenvalue weighted by molar-refractivity contribution is 5.95. The predicted molar refractivity (Wildman–Crippen MR) is 96.6 cm³/mol. The minimum Gasteiger partial charge on any atom is -0.456 e. The lowest BCUT2D eigenvalue weighted by molar-refractivity contribution is 0.0930. The highest BCUT2D eigenvalue weighted by atomic mass is 16.5. The zero-order valence-electron chi connectivity index (χ0n) is 14.6. The number of carbonyl (C=O) groups is 2. The minimum atomic E-state index is -0.0647. The molecule has 0 radical (unpaired) electrons. The molecule has 0 spiro atoms. The third-order valence-corrected chi connectivity index (χ3v) is 5.09. The highest BCUT2D eigenvalue weighted by Crippen LogP contribution is 2.28. The predicted octanol–water partition coefficient (Wildman–Crippen LogP) is 2.70. The van der Waals surface area contributed by atoms with Gasteiger partial charge in [0.15, 0.2) is 5.78 Å². The molecule has 0 saturated carbocycles. The van der Waals surface area contributed by atoms with E-state index in [2.05, 4.69) is 15.6 Å². The Kier molecular flexibility index (Phi) is 4.42. The molecule has 26 heavy (non-hydrogen) atoms. The third-order valence-electron chi connectivity index (χ3n) is 5.09. The van der Waals surface area contributed by atoms with E-state index in [9.17, 15) is 9.59 Å². The Morgan fingerprint density at radius 1 is 1.12 bits per heavy atom. The molecule has 0 aliphatic carbocycles. The number of fused-ring (bicyclic) bond motifs is 2. The van der Waals surface area contributed by atoms with Crippen molar-refractivity contribution in [1.29, 1.82) is 0 Å². The number of ketones is 1. The van der Waals surface area contributed by atoms with Gasteiger partial charge in [-0.05, 0) is 56.5 Å². The molecule has 4 rings (SSSR count). The molecule has 6 nitrogen and oxygen atoms in total. The Labute approximate surface area is 152 Å². The molecule has 6 heteroatoms. The summed E-state index contributed by atoms with van der Waals surface area (Å²) in [6.45, 7) is 1.49. The molecule has 2 N–H and O–H groups in total. The quantitative estimate of drug-likeness (QED) is 0.810. The van der Waals surface area contributed by atoms with Crippen molar-refractivity contribution in [3.63, 3.8) is 0 Å². The molecule has 3 atom stereocenters. The number of hydrogen-bond acceptors (Lipinski definition) is 5. The monoisotopic (exact) mass is 351 g/mol. The number of nitrogens with zero attached hydrogens (tertiary/aromatic N) is 1. The van der Waals surface area contributed by atoms with Gasteiger partial charge >= 0.3 is 0 Å². The number of nitrogens with one attached hydrogen (secondary N) is 2. The highest BCUT2D eigenvalue weighted by Gasteiger charge is 2.39. The van der Waals surface area contributed by atoms with Crippen molar-refractivity contribution >= 4 is 11.7 Å². The van der Waals surface area contributed by atoms with E-state index in [1.54, 1.807) is 36.5 Å². The van der Waals surface area contributed by atoms with Gasteiger partial charge in [0.2, 0.25) is 0 Å². The van der Waals surface area contributed by atoms with Crippen LogP contribution >= 0.6 is 0 Å². The normalized spacial score (nSPS) is 23.7. The number of Topliss-reactive ketones (excluding diaryl/α,β-unsaturated/α-hetero) is 1. The molecule has 2 fully saturated rings. The standard InChI is InChI=1S/C20H21N3O3/c1-12(24)14-8-17(11-21-10-14)26-16-5-2-13(3-6-16)20(25)23-19-9-15-4-7-18(19)22-15/h2-3,5-6,8,10-11,15,18-19,22H,4,7,9H2,1H3,(H,23,25). The second kappa shape index (κ2) is 6.88. The lowest BCUT2D eigenvalue weighted by Crippen LogP contribution is -2.42. The summed E-state index contributed by atoms with van der Waals surface area (Å²) >= 11 is 0. The van der Waals surface area contributed by atoms with Crippen LogP contribution in [0.5, 0.6) is 11.5 Å². The van der Waals surface area contributed by atoms with Crippen LogP contribution < -0.4 is 15.4 Å². The zero-order valence-corrected chi connectivity index (χ0v) is 14.6. The molecule has 1 amide bonds. The van der Waals surface area contributed by atoms with Crippen LogP contribution in [0.25, 0.3) is 0 Å². The average Bonchev–Trinajstić information content (AvgIpc) is 3.25. The molecule has 2 aliphatic rings. The molecular formula is C20H21N3O3. The van der Waals surface area contributed by atoms with Crippen molar-refractivity contribution in [3.05, 3.63) is 53.9 Å². The number of benzene rings is 1. The fraction of sp³-hybridized carbons (Fsp3) is 0.350. The summed E-state index contributed by atoms with van der Waals surface area (Å²) < 4.78 is 5.72. The van der Waals surface area contributed by atoms with Gasteiger partial charge in [0.05, 0.1) is 6.20 Å². The van der Waals surface area contributed by atoms with Crippen LogP contribution in [-0.4, -0.2) is 34.8 Å². The number of hydrogen-bond donors (Lipinski definition) is 2. The van der Waals surface area contributed by atoms with Gasteiger partial charge in [0.1, 0.15) is 11.5 Å². The van der Waals surface area contributed by atoms with Crippen LogP contribution in [0.15, 0.2) is 42.7 Å². The molecular weight excluding hydrogens is 330 g/mol. The fourth-order valence-corrected chi connectivity index (χ4v) is 3.71. The van der Waals surface area contributed by atoms with Gasteiger partial charge < -0.3 is 15.4 Å². The average molecular weight is 351 g/mol.